The van der Waals surface area contributed by atoms with E-state index >= 15 is 0 Å². The molecule has 28 heavy (non-hydrogen) atoms. The van der Waals surface area contributed by atoms with Gasteiger partial charge in [0.1, 0.15) is 0 Å². The molecule has 0 saturated carbocycles. The molecule has 0 bridgehead atoms. The molecule has 2 nitrogen and oxygen atoms in total. The Balaban J connectivity index is 3.96. The van der Waals surface area contributed by atoms with Crippen molar-refractivity contribution in [2.45, 2.75) is 35.9 Å². The SMILES string of the molecule is COC(c1c[c]cc(C(OC)(C(F)(F)F)C(F)(F)F)c1)(C(F)(F)F)C(F)(F)F. The van der Waals surface area contributed by atoms with Crippen molar-refractivity contribution in [2.75, 3.05) is 14.2 Å². The monoisotopic (exact) mass is 437 g/mol. The Bertz CT molecular complexity index is 600. The fourth-order valence-electron chi connectivity index (χ4n) is 2.55. The summed E-state index contributed by atoms with van der Waals surface area (Å²) in [5.41, 5.74) is -14.6. The quantitative estimate of drug-likeness (QED) is 0.586. The lowest BCUT2D eigenvalue weighted by atomic mass is 9.85. The third-order valence-electron chi connectivity index (χ3n) is 3.81. The van der Waals surface area contributed by atoms with E-state index in [0.717, 1.165) is 0 Å². The Kier molecular flexibility index (Phi) is 6.06. The predicted molar refractivity (Wildman–Crippen MR) is 66.9 cm³/mol. The van der Waals surface area contributed by atoms with Gasteiger partial charge in [0.25, 0.3) is 11.2 Å². The summed E-state index contributed by atoms with van der Waals surface area (Å²) < 4.78 is 166. The van der Waals surface area contributed by atoms with Gasteiger partial charge in [-0.15, -0.1) is 0 Å². The highest BCUT2D eigenvalue weighted by atomic mass is 19.4. The summed E-state index contributed by atoms with van der Waals surface area (Å²) in [4.78, 5) is 0. The van der Waals surface area contributed by atoms with Crippen molar-refractivity contribution in [1.29, 1.82) is 0 Å². The fourth-order valence-corrected chi connectivity index (χ4v) is 2.55. The number of halogens is 12. The van der Waals surface area contributed by atoms with Gasteiger partial charge >= 0.3 is 24.7 Å². The van der Waals surface area contributed by atoms with Crippen LogP contribution in [0.5, 0.6) is 0 Å². The number of benzene rings is 1. The highest BCUT2D eigenvalue weighted by Crippen LogP contribution is 2.56. The van der Waals surface area contributed by atoms with Crippen LogP contribution in [0, 0.1) is 6.07 Å². The first-order valence-corrected chi connectivity index (χ1v) is 6.72. The molecule has 0 aromatic heterocycles. The van der Waals surface area contributed by atoms with Crippen LogP contribution in [0.25, 0.3) is 0 Å². The molecule has 0 aliphatic rings. The third-order valence-corrected chi connectivity index (χ3v) is 3.81. The average Bonchev–Trinajstić information content (AvgIpc) is 2.44. The number of ether oxygens (including phenoxy) is 2. The van der Waals surface area contributed by atoms with Gasteiger partial charge in [-0.05, 0) is 24.3 Å². The van der Waals surface area contributed by atoms with Crippen LogP contribution in [0.3, 0.4) is 0 Å². The van der Waals surface area contributed by atoms with Crippen LogP contribution in [0.1, 0.15) is 11.1 Å². The zero-order chi connectivity index (χ0) is 22.4. The minimum absolute atomic E-state index is 0.0509. The van der Waals surface area contributed by atoms with Crippen LogP contribution in [0.4, 0.5) is 52.7 Å². The van der Waals surface area contributed by atoms with E-state index in [1.54, 1.807) is 0 Å². The third kappa shape index (κ3) is 3.40. The van der Waals surface area contributed by atoms with E-state index in [4.69, 9.17) is 0 Å². The first-order valence-electron chi connectivity index (χ1n) is 6.72. The molecule has 1 radical (unpaired) electrons. The molecule has 0 amide bonds. The Morgan fingerprint density at radius 1 is 0.571 bits per heavy atom. The van der Waals surface area contributed by atoms with E-state index in [1.165, 1.54) is 6.07 Å². The van der Waals surface area contributed by atoms with Crippen molar-refractivity contribution in [3.8, 4) is 0 Å². The van der Waals surface area contributed by atoms with Crippen molar-refractivity contribution in [1.82, 2.24) is 0 Å². The number of methoxy groups -OCH3 is 2. The second-order valence-electron chi connectivity index (χ2n) is 5.27. The highest BCUT2D eigenvalue weighted by molar-refractivity contribution is 5.36. The van der Waals surface area contributed by atoms with Crippen LogP contribution in [-0.4, -0.2) is 38.9 Å². The summed E-state index contributed by atoms with van der Waals surface area (Å²) in [5.74, 6) is 0. The van der Waals surface area contributed by atoms with Gasteiger partial charge in [0, 0.05) is 25.3 Å². The molecule has 14 heteroatoms. The van der Waals surface area contributed by atoms with E-state index < -0.39 is 53.1 Å². The smallest absolute Gasteiger partial charge is 0.357 e. The second kappa shape index (κ2) is 6.97. The van der Waals surface area contributed by atoms with Gasteiger partial charge in [0.15, 0.2) is 0 Å². The second-order valence-corrected chi connectivity index (χ2v) is 5.27. The molecule has 0 saturated heterocycles. The maximum atomic E-state index is 13.2. The number of hydrogen-bond acceptors (Lipinski definition) is 2. The van der Waals surface area contributed by atoms with E-state index in [0.29, 0.717) is 0 Å². The Morgan fingerprint density at radius 2 is 0.821 bits per heavy atom. The normalized spacial score (nSPS) is 15.1. The maximum Gasteiger partial charge on any atom is 0.430 e. The summed E-state index contributed by atoms with van der Waals surface area (Å²) in [6.45, 7) is 0. The van der Waals surface area contributed by atoms with Crippen molar-refractivity contribution < 1.29 is 62.2 Å². The molecular weight excluding hydrogens is 428 g/mol. The number of alkyl halides is 12. The van der Waals surface area contributed by atoms with Crippen molar-refractivity contribution in [3.05, 3.63) is 35.4 Å². The first kappa shape index (κ1) is 24.3. The zero-order valence-electron chi connectivity index (χ0n) is 13.6. The minimum Gasteiger partial charge on any atom is -0.357 e. The van der Waals surface area contributed by atoms with Crippen LogP contribution in [0.2, 0.25) is 0 Å². The summed E-state index contributed by atoms with van der Waals surface area (Å²) >= 11 is 0. The highest BCUT2D eigenvalue weighted by Gasteiger charge is 2.75. The molecule has 0 N–H and O–H groups in total. The average molecular weight is 437 g/mol. The van der Waals surface area contributed by atoms with Crippen LogP contribution >= 0.6 is 0 Å². The number of hydrogen-bond donors (Lipinski definition) is 0. The van der Waals surface area contributed by atoms with Gasteiger partial charge in [-0.3, -0.25) is 0 Å². The topological polar surface area (TPSA) is 18.5 Å². The molecule has 0 spiro atoms. The molecule has 161 valence electrons. The van der Waals surface area contributed by atoms with Crippen LogP contribution < -0.4 is 0 Å². The summed E-state index contributed by atoms with van der Waals surface area (Å²) in [6.07, 6.45) is -25.2. The molecule has 0 fully saturated rings. The molecule has 0 aliphatic carbocycles. The van der Waals surface area contributed by atoms with E-state index in [1.807, 2.05) is 0 Å². The number of rotatable bonds is 4. The molecule has 1 aromatic carbocycles. The predicted octanol–water partition coefficient (Wildman–Crippen LogP) is 5.42. The Hall–Kier alpha value is -1.70. The lowest BCUT2D eigenvalue weighted by molar-refractivity contribution is -0.385. The largest absolute Gasteiger partial charge is 0.430 e. The molecule has 1 aromatic rings. The van der Waals surface area contributed by atoms with Gasteiger partial charge in [-0.2, -0.15) is 52.7 Å². The molecule has 0 atom stereocenters. The lowest BCUT2D eigenvalue weighted by Gasteiger charge is -2.39. The lowest BCUT2D eigenvalue weighted by Crippen LogP contribution is -2.57. The summed E-state index contributed by atoms with van der Waals surface area (Å²) in [5, 5.41) is 0. The maximum absolute atomic E-state index is 13.2. The van der Waals surface area contributed by atoms with Gasteiger partial charge < -0.3 is 9.47 Å². The van der Waals surface area contributed by atoms with Crippen molar-refractivity contribution in [3.63, 3.8) is 0 Å². The molecule has 0 aliphatic heterocycles. The van der Waals surface area contributed by atoms with Crippen LogP contribution in [0.15, 0.2) is 18.2 Å². The van der Waals surface area contributed by atoms with E-state index in [2.05, 4.69) is 9.47 Å². The molecule has 0 unspecified atom stereocenters. The standard InChI is InChI=1S/C14H9F12O2/c1-27-9(11(15,16)17,12(18,19)20)7-4-3-5-8(6-7)10(28-2,13(21,22)23)14(24,25)26/h4-6H,1-2H3. The molecule has 0 heterocycles. The van der Waals surface area contributed by atoms with Crippen molar-refractivity contribution >= 4 is 0 Å². The fraction of sp³-hybridized carbons (Fsp3) is 0.571. The van der Waals surface area contributed by atoms with E-state index in [9.17, 15) is 52.7 Å². The summed E-state index contributed by atoms with van der Waals surface area (Å²) in [7, 11) is -0.102. The first-order chi connectivity index (χ1) is 12.3. The van der Waals surface area contributed by atoms with Gasteiger partial charge in [0.2, 0.25) is 0 Å². The molecular formula is C14H9F12O2. The van der Waals surface area contributed by atoms with Gasteiger partial charge in [0.05, 0.1) is 0 Å². The van der Waals surface area contributed by atoms with Crippen molar-refractivity contribution in [2.24, 2.45) is 0 Å². The summed E-state index contributed by atoms with van der Waals surface area (Å²) in [6, 6.07) is 0.695. The van der Waals surface area contributed by atoms with E-state index in [-0.39, 0.29) is 26.4 Å². The minimum atomic E-state index is -6.29. The Labute approximate surface area is 149 Å². The Morgan fingerprint density at radius 3 is 1.00 bits per heavy atom. The van der Waals surface area contributed by atoms with Gasteiger partial charge in [-0.25, -0.2) is 0 Å². The molecule has 1 rings (SSSR count). The van der Waals surface area contributed by atoms with Gasteiger partial charge in [-0.1, -0.05) is 0 Å². The van der Waals surface area contributed by atoms with Crippen LogP contribution in [-0.2, 0) is 20.7 Å². The zero-order valence-corrected chi connectivity index (χ0v) is 13.6.